The first kappa shape index (κ1) is 15.7. The highest BCUT2D eigenvalue weighted by molar-refractivity contribution is 7.80. The summed E-state index contributed by atoms with van der Waals surface area (Å²) in [5, 5.41) is 2.80. The highest BCUT2D eigenvalue weighted by Gasteiger charge is 2.15. The Morgan fingerprint density at radius 3 is 2.52 bits per heavy atom. The quantitative estimate of drug-likeness (QED) is 0.765. The third kappa shape index (κ3) is 3.71. The fourth-order valence-electron chi connectivity index (χ4n) is 1.65. The second kappa shape index (κ2) is 6.41. The van der Waals surface area contributed by atoms with Gasteiger partial charge < -0.3 is 5.32 Å². The Morgan fingerprint density at radius 2 is 1.90 bits per heavy atom. The van der Waals surface area contributed by atoms with E-state index in [4.69, 9.17) is 11.6 Å². The molecule has 1 amide bonds. The number of nitrogens with one attached hydrogen (secondary N) is 1. The van der Waals surface area contributed by atoms with E-state index in [1.807, 2.05) is 0 Å². The smallest absolute Gasteiger partial charge is 0.266 e. The highest BCUT2D eigenvalue weighted by Crippen LogP contribution is 2.26. The Balaban J connectivity index is 2.23. The van der Waals surface area contributed by atoms with Crippen molar-refractivity contribution in [1.82, 2.24) is 0 Å². The summed E-state index contributed by atoms with van der Waals surface area (Å²) < 4.78 is 38.3. The Bertz CT molecular complexity index is 694. The molecule has 0 atom stereocenters. The molecule has 0 heterocycles. The minimum absolute atomic E-state index is 0.0763. The van der Waals surface area contributed by atoms with Crippen LogP contribution in [-0.4, -0.2) is 5.91 Å². The average molecular weight is 332 g/mol. The van der Waals surface area contributed by atoms with Crippen LogP contribution in [0.5, 0.6) is 0 Å². The number of halogens is 4. The van der Waals surface area contributed by atoms with Crippen LogP contribution in [0.2, 0.25) is 5.02 Å². The summed E-state index contributed by atoms with van der Waals surface area (Å²) in [5.74, 6) is -1.55. The SMILES string of the molecule is O=C(Nc1ccc(F)c(C(F)F)c1)c1ccc(Cl)c(S)c1. The number of carbonyl (C=O) groups excluding carboxylic acids is 1. The molecule has 2 rings (SSSR count). The van der Waals surface area contributed by atoms with E-state index >= 15 is 0 Å². The van der Waals surface area contributed by atoms with Crippen LogP contribution < -0.4 is 5.32 Å². The van der Waals surface area contributed by atoms with Crippen LogP contribution in [-0.2, 0) is 0 Å². The third-order valence-electron chi connectivity index (χ3n) is 2.70. The van der Waals surface area contributed by atoms with Crippen molar-refractivity contribution < 1.29 is 18.0 Å². The lowest BCUT2D eigenvalue weighted by molar-refractivity contribution is 0.102. The van der Waals surface area contributed by atoms with Gasteiger partial charge in [0.2, 0.25) is 0 Å². The maximum atomic E-state index is 13.2. The number of hydrogen-bond acceptors (Lipinski definition) is 2. The van der Waals surface area contributed by atoms with Gasteiger partial charge in [-0.1, -0.05) is 11.6 Å². The molecule has 0 radical (unpaired) electrons. The van der Waals surface area contributed by atoms with Crippen molar-refractivity contribution in [3.63, 3.8) is 0 Å². The first-order valence-corrected chi connectivity index (χ1v) is 6.58. The molecule has 1 N–H and O–H groups in total. The number of rotatable bonds is 3. The lowest BCUT2D eigenvalue weighted by Gasteiger charge is -2.09. The van der Waals surface area contributed by atoms with Gasteiger partial charge in [-0.15, -0.1) is 12.6 Å². The molecule has 0 saturated heterocycles. The van der Waals surface area contributed by atoms with E-state index in [-0.39, 0.29) is 11.3 Å². The van der Waals surface area contributed by atoms with Crippen molar-refractivity contribution in [2.75, 3.05) is 5.32 Å². The van der Waals surface area contributed by atoms with Gasteiger partial charge >= 0.3 is 0 Å². The molecule has 0 aliphatic carbocycles. The lowest BCUT2D eigenvalue weighted by Crippen LogP contribution is -2.12. The minimum Gasteiger partial charge on any atom is -0.322 e. The number of amides is 1. The Morgan fingerprint density at radius 1 is 1.19 bits per heavy atom. The largest absolute Gasteiger partial charge is 0.322 e. The summed E-state index contributed by atoms with van der Waals surface area (Å²) in [4.78, 5) is 12.4. The van der Waals surface area contributed by atoms with Crippen molar-refractivity contribution in [3.8, 4) is 0 Å². The zero-order chi connectivity index (χ0) is 15.6. The molecule has 0 fully saturated rings. The van der Waals surface area contributed by atoms with Crippen LogP contribution in [0.4, 0.5) is 18.9 Å². The molecular formula is C14H9ClF3NOS. The number of carbonyl (C=O) groups is 1. The molecule has 0 unspecified atom stereocenters. The monoisotopic (exact) mass is 331 g/mol. The maximum absolute atomic E-state index is 13.2. The van der Waals surface area contributed by atoms with Crippen LogP contribution in [0.25, 0.3) is 0 Å². The van der Waals surface area contributed by atoms with Gasteiger partial charge in [0, 0.05) is 16.1 Å². The zero-order valence-corrected chi connectivity index (χ0v) is 12.1. The van der Waals surface area contributed by atoms with E-state index in [0.717, 1.165) is 12.1 Å². The number of hydrogen-bond donors (Lipinski definition) is 2. The Labute approximate surface area is 129 Å². The molecular weight excluding hydrogens is 323 g/mol. The number of thiol groups is 1. The van der Waals surface area contributed by atoms with E-state index in [1.54, 1.807) is 0 Å². The molecule has 2 aromatic carbocycles. The number of alkyl halides is 2. The average Bonchev–Trinajstić information content (AvgIpc) is 2.43. The molecule has 2 aromatic rings. The van der Waals surface area contributed by atoms with Crippen molar-refractivity contribution >= 4 is 35.8 Å². The summed E-state index contributed by atoms with van der Waals surface area (Å²) >= 11 is 9.87. The number of anilines is 1. The Hall–Kier alpha value is -1.66. The van der Waals surface area contributed by atoms with Crippen LogP contribution in [0.15, 0.2) is 41.3 Å². The van der Waals surface area contributed by atoms with Gasteiger partial charge in [-0.3, -0.25) is 4.79 Å². The highest BCUT2D eigenvalue weighted by atomic mass is 35.5. The summed E-state index contributed by atoms with van der Waals surface area (Å²) in [5.41, 5.74) is -0.432. The molecule has 7 heteroatoms. The lowest BCUT2D eigenvalue weighted by atomic mass is 10.1. The second-order valence-corrected chi connectivity index (χ2v) is 5.05. The molecule has 2 nitrogen and oxygen atoms in total. The predicted octanol–water partition coefficient (Wildman–Crippen LogP) is 4.96. The van der Waals surface area contributed by atoms with E-state index in [1.165, 1.54) is 24.3 Å². The molecule has 0 bridgehead atoms. The standard InChI is InChI=1S/C14H9ClF3NOS/c15-10-3-1-7(5-12(10)21)14(20)19-8-2-4-11(16)9(6-8)13(17)18/h1-6,13,21H,(H,19,20). The fourth-order valence-corrected chi connectivity index (χ4v) is 1.98. The minimum atomic E-state index is -2.96. The van der Waals surface area contributed by atoms with Gasteiger partial charge in [-0.2, -0.15) is 0 Å². The summed E-state index contributed by atoms with van der Waals surface area (Å²) in [6, 6.07) is 7.39. The first-order chi connectivity index (χ1) is 9.88. The van der Waals surface area contributed by atoms with Crippen LogP contribution in [0.1, 0.15) is 22.3 Å². The van der Waals surface area contributed by atoms with Gasteiger partial charge in [0.1, 0.15) is 5.82 Å². The van der Waals surface area contributed by atoms with E-state index in [2.05, 4.69) is 17.9 Å². The molecule has 0 saturated carbocycles. The Kier molecular flexibility index (Phi) is 4.80. The molecule has 0 spiro atoms. The zero-order valence-electron chi connectivity index (χ0n) is 10.4. The topological polar surface area (TPSA) is 29.1 Å². The molecule has 21 heavy (non-hydrogen) atoms. The van der Waals surface area contributed by atoms with Crippen LogP contribution in [0, 0.1) is 5.82 Å². The summed E-state index contributed by atoms with van der Waals surface area (Å²) in [7, 11) is 0. The van der Waals surface area contributed by atoms with Gasteiger partial charge in [-0.25, -0.2) is 13.2 Å². The first-order valence-electron chi connectivity index (χ1n) is 5.76. The normalized spacial score (nSPS) is 10.8. The predicted molar refractivity (Wildman–Crippen MR) is 78.0 cm³/mol. The van der Waals surface area contributed by atoms with Crippen molar-refractivity contribution in [1.29, 1.82) is 0 Å². The summed E-state index contributed by atoms with van der Waals surface area (Å²) in [6.07, 6.45) is -2.96. The van der Waals surface area contributed by atoms with Gasteiger partial charge in [0.15, 0.2) is 0 Å². The molecule has 0 aromatic heterocycles. The van der Waals surface area contributed by atoms with Gasteiger partial charge in [0.05, 0.1) is 10.6 Å². The van der Waals surface area contributed by atoms with Crippen molar-refractivity contribution in [2.24, 2.45) is 0 Å². The molecule has 110 valence electrons. The molecule has 0 aliphatic heterocycles. The van der Waals surface area contributed by atoms with E-state index in [0.29, 0.717) is 9.92 Å². The maximum Gasteiger partial charge on any atom is 0.266 e. The van der Waals surface area contributed by atoms with Crippen molar-refractivity contribution in [3.05, 3.63) is 58.4 Å². The third-order valence-corrected chi connectivity index (χ3v) is 3.53. The van der Waals surface area contributed by atoms with Crippen LogP contribution >= 0.6 is 24.2 Å². The summed E-state index contributed by atoms with van der Waals surface area (Å²) in [6.45, 7) is 0. The van der Waals surface area contributed by atoms with Crippen molar-refractivity contribution in [2.45, 2.75) is 11.3 Å². The second-order valence-electron chi connectivity index (χ2n) is 4.16. The van der Waals surface area contributed by atoms with Gasteiger partial charge in [-0.05, 0) is 36.4 Å². The van der Waals surface area contributed by atoms with Gasteiger partial charge in [0.25, 0.3) is 12.3 Å². The molecule has 0 aliphatic rings. The number of benzene rings is 2. The fraction of sp³-hybridized carbons (Fsp3) is 0.0714. The van der Waals surface area contributed by atoms with E-state index in [9.17, 15) is 18.0 Å². The van der Waals surface area contributed by atoms with E-state index < -0.39 is 23.7 Å². The van der Waals surface area contributed by atoms with Crippen LogP contribution in [0.3, 0.4) is 0 Å².